The summed E-state index contributed by atoms with van der Waals surface area (Å²) in [5, 5.41) is 8.94. The van der Waals surface area contributed by atoms with E-state index in [1.165, 1.54) is 29.7 Å². The topological polar surface area (TPSA) is 29.9 Å². The molecule has 0 unspecified atom stereocenters. The van der Waals surface area contributed by atoms with Crippen molar-refractivity contribution in [2.75, 3.05) is 0 Å². The van der Waals surface area contributed by atoms with Crippen molar-refractivity contribution in [1.82, 2.24) is 15.1 Å². The lowest BCUT2D eigenvalue weighted by Crippen LogP contribution is -2.25. The molecule has 1 N–H and O–H groups in total. The summed E-state index contributed by atoms with van der Waals surface area (Å²) in [6, 6.07) is 8.46. The molecule has 2 aromatic rings. The van der Waals surface area contributed by atoms with Crippen LogP contribution in [0.1, 0.15) is 42.6 Å². The summed E-state index contributed by atoms with van der Waals surface area (Å²) in [5.41, 5.74) is 4.01. The molecule has 3 nitrogen and oxygen atoms in total. The van der Waals surface area contributed by atoms with E-state index in [9.17, 15) is 0 Å². The van der Waals surface area contributed by atoms with Crippen molar-refractivity contribution in [3.05, 3.63) is 52.3 Å². The van der Waals surface area contributed by atoms with Gasteiger partial charge in [-0.05, 0) is 43.9 Å². The van der Waals surface area contributed by atoms with Gasteiger partial charge in [-0.1, -0.05) is 23.7 Å². The monoisotopic (exact) mass is 289 g/mol. The first kappa shape index (κ1) is 13.7. The third kappa shape index (κ3) is 2.74. The molecule has 0 aliphatic heterocycles. The van der Waals surface area contributed by atoms with Crippen LogP contribution >= 0.6 is 11.6 Å². The lowest BCUT2D eigenvalue weighted by molar-refractivity contribution is 0.448. The molecule has 0 saturated carbocycles. The molecule has 0 bridgehead atoms. The normalized spacial score (nSPS) is 18.0. The highest BCUT2D eigenvalue weighted by Gasteiger charge is 2.23. The average molecular weight is 290 g/mol. The quantitative estimate of drug-likeness (QED) is 0.929. The Kier molecular flexibility index (Phi) is 4.08. The van der Waals surface area contributed by atoms with Gasteiger partial charge in [-0.2, -0.15) is 5.10 Å². The largest absolute Gasteiger partial charge is 0.306 e. The zero-order chi connectivity index (χ0) is 13.9. The number of benzene rings is 1. The Labute approximate surface area is 124 Å². The van der Waals surface area contributed by atoms with Crippen molar-refractivity contribution in [2.24, 2.45) is 0 Å². The summed E-state index contributed by atoms with van der Waals surface area (Å²) in [5.74, 6) is 0. The van der Waals surface area contributed by atoms with Gasteiger partial charge in [0, 0.05) is 35.4 Å². The Morgan fingerprint density at radius 1 is 1.45 bits per heavy atom. The second-order valence-corrected chi connectivity index (χ2v) is 5.75. The van der Waals surface area contributed by atoms with E-state index >= 15 is 0 Å². The minimum absolute atomic E-state index is 0.415. The number of nitrogens with zero attached hydrogens (tertiary/aromatic N) is 2. The van der Waals surface area contributed by atoms with Gasteiger partial charge >= 0.3 is 0 Å². The highest BCUT2D eigenvalue weighted by atomic mass is 35.5. The molecule has 20 heavy (non-hydrogen) atoms. The molecule has 1 heterocycles. The van der Waals surface area contributed by atoms with Crippen LogP contribution in [0.15, 0.2) is 30.5 Å². The highest BCUT2D eigenvalue weighted by Crippen LogP contribution is 2.29. The van der Waals surface area contributed by atoms with Gasteiger partial charge < -0.3 is 5.32 Å². The van der Waals surface area contributed by atoms with Crippen molar-refractivity contribution in [2.45, 2.75) is 45.3 Å². The van der Waals surface area contributed by atoms with E-state index in [0.29, 0.717) is 6.04 Å². The van der Waals surface area contributed by atoms with Crippen LogP contribution in [0.5, 0.6) is 0 Å². The third-order valence-corrected chi connectivity index (χ3v) is 4.24. The molecule has 1 aliphatic carbocycles. The second-order valence-electron chi connectivity index (χ2n) is 5.32. The molecule has 0 radical (unpaired) electrons. The molecule has 106 valence electrons. The van der Waals surface area contributed by atoms with Crippen LogP contribution in [0.25, 0.3) is 0 Å². The highest BCUT2D eigenvalue weighted by molar-refractivity contribution is 6.30. The fourth-order valence-corrected chi connectivity index (χ4v) is 3.20. The van der Waals surface area contributed by atoms with Crippen molar-refractivity contribution in [1.29, 1.82) is 0 Å². The zero-order valence-electron chi connectivity index (χ0n) is 11.8. The fraction of sp³-hybridized carbons (Fsp3) is 0.438. The summed E-state index contributed by atoms with van der Waals surface area (Å²) in [4.78, 5) is 0. The van der Waals surface area contributed by atoms with Gasteiger partial charge in [-0.3, -0.25) is 4.68 Å². The minimum Gasteiger partial charge on any atom is -0.306 e. The predicted molar refractivity (Wildman–Crippen MR) is 81.9 cm³/mol. The maximum atomic E-state index is 6.03. The number of rotatable bonds is 4. The number of hydrogen-bond acceptors (Lipinski definition) is 2. The fourth-order valence-electron chi connectivity index (χ4n) is 2.99. The lowest BCUT2D eigenvalue weighted by atomic mass is 9.93. The number of fused-ring (bicyclic) bond motifs is 1. The molecule has 1 atom stereocenters. The SMILES string of the molecule is CCn1ncc2c1CCC[C@@H]2NCc1cccc(Cl)c1. The minimum atomic E-state index is 0.415. The van der Waals surface area contributed by atoms with Crippen molar-refractivity contribution < 1.29 is 0 Å². The maximum absolute atomic E-state index is 6.03. The van der Waals surface area contributed by atoms with Gasteiger partial charge in [0.05, 0.1) is 6.20 Å². The van der Waals surface area contributed by atoms with E-state index in [-0.39, 0.29) is 0 Å². The molecule has 1 aromatic heterocycles. The van der Waals surface area contributed by atoms with Gasteiger partial charge in [-0.25, -0.2) is 0 Å². The smallest absolute Gasteiger partial charge is 0.0540 e. The van der Waals surface area contributed by atoms with E-state index in [2.05, 4.69) is 28.1 Å². The standard InChI is InChI=1S/C16H20ClN3/c1-2-20-16-8-4-7-15(14(16)11-19-20)18-10-12-5-3-6-13(17)9-12/h3,5-6,9,11,15,18H,2,4,7-8,10H2,1H3/t15-/m0/s1. The molecule has 0 spiro atoms. The molecular weight excluding hydrogens is 270 g/mol. The summed E-state index contributed by atoms with van der Waals surface area (Å²) >= 11 is 6.03. The van der Waals surface area contributed by atoms with Crippen LogP contribution in [-0.4, -0.2) is 9.78 Å². The first-order valence-electron chi connectivity index (χ1n) is 7.30. The van der Waals surface area contributed by atoms with Crippen LogP contribution in [0, 0.1) is 0 Å². The summed E-state index contributed by atoms with van der Waals surface area (Å²) in [6.07, 6.45) is 5.60. The van der Waals surface area contributed by atoms with Crippen LogP contribution in [0.4, 0.5) is 0 Å². The Bertz CT molecular complexity index is 591. The molecule has 0 fully saturated rings. The molecule has 0 saturated heterocycles. The van der Waals surface area contributed by atoms with E-state index in [1.807, 2.05) is 24.4 Å². The van der Waals surface area contributed by atoms with Gasteiger partial charge in [-0.15, -0.1) is 0 Å². The van der Waals surface area contributed by atoms with Crippen LogP contribution in [0.2, 0.25) is 5.02 Å². The molecular formula is C16H20ClN3. The van der Waals surface area contributed by atoms with E-state index < -0.39 is 0 Å². The number of hydrogen-bond donors (Lipinski definition) is 1. The van der Waals surface area contributed by atoms with Gasteiger partial charge in [0.15, 0.2) is 0 Å². The Morgan fingerprint density at radius 3 is 3.15 bits per heavy atom. The molecule has 3 rings (SSSR count). The molecule has 0 amide bonds. The van der Waals surface area contributed by atoms with Gasteiger partial charge in [0.2, 0.25) is 0 Å². The number of aryl methyl sites for hydroxylation is 1. The van der Waals surface area contributed by atoms with E-state index in [1.54, 1.807) is 0 Å². The van der Waals surface area contributed by atoms with Crippen molar-refractivity contribution in [3.63, 3.8) is 0 Å². The maximum Gasteiger partial charge on any atom is 0.0540 e. The van der Waals surface area contributed by atoms with Gasteiger partial charge in [0.1, 0.15) is 0 Å². The van der Waals surface area contributed by atoms with E-state index in [0.717, 1.165) is 24.5 Å². The summed E-state index contributed by atoms with van der Waals surface area (Å²) < 4.78 is 2.13. The van der Waals surface area contributed by atoms with Crippen LogP contribution < -0.4 is 5.32 Å². The van der Waals surface area contributed by atoms with Crippen LogP contribution in [-0.2, 0) is 19.5 Å². The number of halogens is 1. The van der Waals surface area contributed by atoms with E-state index in [4.69, 9.17) is 11.6 Å². The Hall–Kier alpha value is -1.32. The van der Waals surface area contributed by atoms with Gasteiger partial charge in [0.25, 0.3) is 0 Å². The molecule has 1 aromatic carbocycles. The Morgan fingerprint density at radius 2 is 2.35 bits per heavy atom. The van der Waals surface area contributed by atoms with Crippen LogP contribution in [0.3, 0.4) is 0 Å². The average Bonchev–Trinajstić information content (AvgIpc) is 2.89. The molecule has 4 heteroatoms. The number of aromatic nitrogens is 2. The summed E-state index contributed by atoms with van der Waals surface area (Å²) in [7, 11) is 0. The van der Waals surface area contributed by atoms with Crippen molar-refractivity contribution >= 4 is 11.6 Å². The zero-order valence-corrected chi connectivity index (χ0v) is 12.5. The molecule has 1 aliphatic rings. The number of nitrogens with one attached hydrogen (secondary N) is 1. The third-order valence-electron chi connectivity index (χ3n) is 4.00. The second kappa shape index (κ2) is 5.98. The lowest BCUT2D eigenvalue weighted by Gasteiger charge is -2.24. The Balaban J connectivity index is 1.72. The first-order valence-corrected chi connectivity index (χ1v) is 7.68. The first-order chi connectivity index (χ1) is 9.78. The predicted octanol–water partition coefficient (Wildman–Crippen LogP) is 3.72. The summed E-state index contributed by atoms with van der Waals surface area (Å²) in [6.45, 7) is 3.95. The van der Waals surface area contributed by atoms with Crippen molar-refractivity contribution in [3.8, 4) is 0 Å².